The maximum Gasteiger partial charge on any atom is 0.144 e. The zero-order chi connectivity index (χ0) is 9.52. The van der Waals surface area contributed by atoms with Crippen molar-refractivity contribution in [3.05, 3.63) is 18.6 Å². The summed E-state index contributed by atoms with van der Waals surface area (Å²) in [5.74, 6) is 0.848. The maximum absolute atomic E-state index is 4.11. The van der Waals surface area contributed by atoms with Gasteiger partial charge in [-0.25, -0.2) is 4.98 Å². The lowest BCUT2D eigenvalue weighted by molar-refractivity contribution is 0.405. The quantitative estimate of drug-likeness (QED) is 0.682. The van der Waals surface area contributed by atoms with Crippen molar-refractivity contribution in [1.82, 2.24) is 14.9 Å². The molecule has 4 heteroatoms. The van der Waals surface area contributed by atoms with Crippen LogP contribution >= 0.6 is 0 Å². The molecule has 1 aromatic rings. The molecule has 0 saturated heterocycles. The molecule has 0 unspecified atom stereocenters. The fraction of sp³-hybridized carbons (Fsp3) is 0.556. The van der Waals surface area contributed by atoms with E-state index >= 15 is 0 Å². The molecule has 0 amide bonds. The summed E-state index contributed by atoms with van der Waals surface area (Å²) in [6.45, 7) is 2.03. The van der Waals surface area contributed by atoms with Gasteiger partial charge in [0.15, 0.2) is 0 Å². The van der Waals surface area contributed by atoms with E-state index in [1.54, 1.807) is 18.6 Å². The lowest BCUT2D eigenvalue weighted by Gasteiger charge is -2.09. The molecule has 0 aliphatic rings. The fourth-order valence-electron chi connectivity index (χ4n) is 1.00. The van der Waals surface area contributed by atoms with Crippen molar-refractivity contribution in [3.63, 3.8) is 0 Å². The topological polar surface area (TPSA) is 41.0 Å². The third kappa shape index (κ3) is 4.42. The van der Waals surface area contributed by atoms with Gasteiger partial charge in [-0.1, -0.05) is 0 Å². The molecule has 1 aromatic heterocycles. The number of hydrogen-bond donors (Lipinski definition) is 1. The van der Waals surface area contributed by atoms with Crippen molar-refractivity contribution in [2.24, 2.45) is 0 Å². The highest BCUT2D eigenvalue weighted by molar-refractivity contribution is 5.29. The molecule has 1 rings (SSSR count). The summed E-state index contributed by atoms with van der Waals surface area (Å²) in [5, 5.41) is 3.20. The third-order valence-corrected chi connectivity index (χ3v) is 1.65. The minimum absolute atomic E-state index is 0.848. The van der Waals surface area contributed by atoms with E-state index in [1.807, 2.05) is 0 Å². The molecule has 0 saturated carbocycles. The molecule has 13 heavy (non-hydrogen) atoms. The largest absolute Gasteiger partial charge is 0.369 e. The molecule has 0 spiro atoms. The van der Waals surface area contributed by atoms with Crippen LogP contribution < -0.4 is 5.32 Å². The van der Waals surface area contributed by atoms with Gasteiger partial charge in [0, 0.05) is 18.9 Å². The summed E-state index contributed by atoms with van der Waals surface area (Å²) >= 11 is 0. The van der Waals surface area contributed by atoms with Crippen LogP contribution in [0.4, 0.5) is 5.82 Å². The molecule has 0 fully saturated rings. The maximum atomic E-state index is 4.11. The second kappa shape index (κ2) is 5.48. The second-order valence-corrected chi connectivity index (χ2v) is 3.17. The first-order chi connectivity index (χ1) is 6.29. The lowest BCUT2D eigenvalue weighted by atomic mass is 10.4. The van der Waals surface area contributed by atoms with Crippen LogP contribution in [0.5, 0.6) is 0 Å². The monoisotopic (exact) mass is 180 g/mol. The summed E-state index contributed by atoms with van der Waals surface area (Å²) in [4.78, 5) is 10.2. The van der Waals surface area contributed by atoms with Gasteiger partial charge in [-0.2, -0.15) is 0 Å². The van der Waals surface area contributed by atoms with E-state index < -0.39 is 0 Å². The predicted octanol–water partition coefficient (Wildman–Crippen LogP) is 0.840. The highest BCUT2D eigenvalue weighted by atomic mass is 15.1. The Morgan fingerprint density at radius 3 is 2.85 bits per heavy atom. The summed E-state index contributed by atoms with van der Waals surface area (Å²) in [6.07, 6.45) is 6.21. The smallest absolute Gasteiger partial charge is 0.144 e. The summed E-state index contributed by atoms with van der Waals surface area (Å²) in [5.41, 5.74) is 0. The van der Waals surface area contributed by atoms with Crippen LogP contribution in [0.25, 0.3) is 0 Å². The molecule has 0 aromatic carbocycles. The Hall–Kier alpha value is -1.16. The van der Waals surface area contributed by atoms with E-state index in [9.17, 15) is 0 Å². The van der Waals surface area contributed by atoms with E-state index in [0.29, 0.717) is 0 Å². The van der Waals surface area contributed by atoms with Gasteiger partial charge in [0.05, 0.1) is 6.20 Å². The summed E-state index contributed by atoms with van der Waals surface area (Å²) < 4.78 is 0. The standard InChI is InChI=1S/C9H16N4/c1-13(2)7-3-4-11-9-8-10-5-6-12-9/h5-6,8H,3-4,7H2,1-2H3,(H,11,12). The number of hydrogen-bond acceptors (Lipinski definition) is 4. The molecular formula is C9H16N4. The van der Waals surface area contributed by atoms with Crippen LogP contribution in [0.1, 0.15) is 6.42 Å². The Labute approximate surface area is 79.0 Å². The Bertz CT molecular complexity index is 222. The van der Waals surface area contributed by atoms with Crippen LogP contribution in [0.15, 0.2) is 18.6 Å². The van der Waals surface area contributed by atoms with Gasteiger partial charge in [-0.3, -0.25) is 4.98 Å². The molecule has 4 nitrogen and oxygen atoms in total. The van der Waals surface area contributed by atoms with E-state index in [1.165, 1.54) is 0 Å². The van der Waals surface area contributed by atoms with E-state index in [0.717, 1.165) is 25.3 Å². The molecule has 1 heterocycles. The van der Waals surface area contributed by atoms with Crippen LogP contribution in [-0.2, 0) is 0 Å². The van der Waals surface area contributed by atoms with Crippen LogP contribution in [0.2, 0.25) is 0 Å². The van der Waals surface area contributed by atoms with Crippen molar-refractivity contribution in [1.29, 1.82) is 0 Å². The first kappa shape index (κ1) is 9.92. The Balaban J connectivity index is 2.13. The van der Waals surface area contributed by atoms with Crippen molar-refractivity contribution in [2.75, 3.05) is 32.5 Å². The predicted molar refractivity (Wildman–Crippen MR) is 53.7 cm³/mol. The highest BCUT2D eigenvalue weighted by Crippen LogP contribution is 1.96. The van der Waals surface area contributed by atoms with Gasteiger partial charge in [0.1, 0.15) is 5.82 Å². The molecule has 1 N–H and O–H groups in total. The summed E-state index contributed by atoms with van der Waals surface area (Å²) in [7, 11) is 4.14. The van der Waals surface area contributed by atoms with E-state index in [4.69, 9.17) is 0 Å². The molecule has 0 aliphatic heterocycles. The highest BCUT2D eigenvalue weighted by Gasteiger charge is 1.92. The van der Waals surface area contributed by atoms with Gasteiger partial charge >= 0.3 is 0 Å². The molecule has 0 radical (unpaired) electrons. The van der Waals surface area contributed by atoms with Gasteiger partial charge in [-0.05, 0) is 27.1 Å². The van der Waals surface area contributed by atoms with Gasteiger partial charge < -0.3 is 10.2 Å². The Morgan fingerprint density at radius 1 is 1.38 bits per heavy atom. The van der Waals surface area contributed by atoms with Crippen molar-refractivity contribution < 1.29 is 0 Å². The normalized spacial score (nSPS) is 10.4. The third-order valence-electron chi connectivity index (χ3n) is 1.65. The van der Waals surface area contributed by atoms with Crippen LogP contribution in [0, 0.1) is 0 Å². The van der Waals surface area contributed by atoms with Crippen LogP contribution in [-0.4, -0.2) is 42.1 Å². The molecule has 72 valence electrons. The van der Waals surface area contributed by atoms with E-state index in [2.05, 4.69) is 34.3 Å². The average molecular weight is 180 g/mol. The van der Waals surface area contributed by atoms with Gasteiger partial charge in [0.25, 0.3) is 0 Å². The van der Waals surface area contributed by atoms with Crippen molar-refractivity contribution in [2.45, 2.75) is 6.42 Å². The van der Waals surface area contributed by atoms with Crippen molar-refractivity contribution >= 4 is 5.82 Å². The van der Waals surface area contributed by atoms with Gasteiger partial charge in [-0.15, -0.1) is 0 Å². The zero-order valence-electron chi connectivity index (χ0n) is 8.20. The minimum atomic E-state index is 0.848. The number of anilines is 1. The number of nitrogens with one attached hydrogen (secondary N) is 1. The fourth-order valence-corrected chi connectivity index (χ4v) is 1.00. The first-order valence-corrected chi connectivity index (χ1v) is 4.43. The minimum Gasteiger partial charge on any atom is -0.369 e. The first-order valence-electron chi connectivity index (χ1n) is 4.43. The Morgan fingerprint density at radius 2 is 2.23 bits per heavy atom. The number of aromatic nitrogens is 2. The lowest BCUT2D eigenvalue weighted by Crippen LogP contribution is -2.16. The molecule has 0 aliphatic carbocycles. The average Bonchev–Trinajstić information content (AvgIpc) is 2.14. The van der Waals surface area contributed by atoms with E-state index in [-0.39, 0.29) is 0 Å². The summed E-state index contributed by atoms with van der Waals surface area (Å²) in [6, 6.07) is 0. The number of rotatable bonds is 5. The molecular weight excluding hydrogens is 164 g/mol. The SMILES string of the molecule is CN(C)CCCNc1cnccn1. The van der Waals surface area contributed by atoms with Crippen molar-refractivity contribution in [3.8, 4) is 0 Å². The number of nitrogens with zero attached hydrogens (tertiary/aromatic N) is 3. The molecule has 0 atom stereocenters. The molecule has 0 bridgehead atoms. The Kier molecular flexibility index (Phi) is 4.18. The van der Waals surface area contributed by atoms with Gasteiger partial charge in [0.2, 0.25) is 0 Å². The zero-order valence-corrected chi connectivity index (χ0v) is 8.20. The second-order valence-electron chi connectivity index (χ2n) is 3.17. The van der Waals surface area contributed by atoms with Crippen LogP contribution in [0.3, 0.4) is 0 Å².